The Balaban J connectivity index is 1.58. The van der Waals surface area contributed by atoms with Crippen molar-refractivity contribution in [2.24, 2.45) is 0 Å². The molecule has 0 spiro atoms. The Hall–Kier alpha value is -2.50. The van der Waals surface area contributed by atoms with E-state index in [1.807, 2.05) is 26.8 Å². The minimum Gasteiger partial charge on any atom is -0.444 e. The molecule has 134 valence electrons. The summed E-state index contributed by atoms with van der Waals surface area (Å²) in [5.41, 5.74) is 2.70. The molecule has 6 nitrogen and oxygen atoms in total. The first kappa shape index (κ1) is 17.3. The minimum atomic E-state index is -0.458. The van der Waals surface area contributed by atoms with Crippen molar-refractivity contribution in [2.75, 3.05) is 18.4 Å². The maximum Gasteiger partial charge on any atom is 0.410 e. The summed E-state index contributed by atoms with van der Waals surface area (Å²) in [5, 5.41) is 10.5. The van der Waals surface area contributed by atoms with Crippen molar-refractivity contribution in [2.45, 2.75) is 45.3 Å². The van der Waals surface area contributed by atoms with Crippen LogP contribution in [-0.2, 0) is 4.74 Å². The van der Waals surface area contributed by atoms with Gasteiger partial charge in [-0.1, -0.05) is 12.1 Å². The number of nitrogens with zero attached hydrogens (tertiary/aromatic N) is 2. The second-order valence-corrected chi connectivity index (χ2v) is 7.46. The molecular formula is C19H26N4O2. The van der Waals surface area contributed by atoms with E-state index in [9.17, 15) is 4.79 Å². The number of benzene rings is 1. The first-order valence-corrected chi connectivity index (χ1v) is 8.75. The maximum absolute atomic E-state index is 12.3. The molecule has 1 unspecified atom stereocenters. The van der Waals surface area contributed by atoms with Gasteiger partial charge >= 0.3 is 6.09 Å². The lowest BCUT2D eigenvalue weighted by Crippen LogP contribution is -2.46. The van der Waals surface area contributed by atoms with Crippen LogP contribution in [-0.4, -0.2) is 45.9 Å². The highest BCUT2D eigenvalue weighted by Crippen LogP contribution is 2.22. The lowest BCUT2D eigenvalue weighted by Gasteiger charge is -2.34. The number of H-pyrrole nitrogens is 1. The Bertz CT molecular complexity index is 689. The van der Waals surface area contributed by atoms with Gasteiger partial charge < -0.3 is 15.0 Å². The van der Waals surface area contributed by atoms with Gasteiger partial charge in [-0.15, -0.1) is 0 Å². The van der Waals surface area contributed by atoms with Crippen LogP contribution in [0.5, 0.6) is 0 Å². The number of amides is 1. The number of hydrogen-bond acceptors (Lipinski definition) is 4. The second-order valence-electron chi connectivity index (χ2n) is 7.46. The molecule has 1 atom stereocenters. The zero-order chi connectivity index (χ0) is 17.9. The Morgan fingerprint density at radius 2 is 2.04 bits per heavy atom. The van der Waals surface area contributed by atoms with Crippen LogP contribution in [0.3, 0.4) is 0 Å². The molecule has 0 bridgehead atoms. The number of carbonyl (C=O) groups excluding carboxylic acids is 1. The quantitative estimate of drug-likeness (QED) is 0.888. The topological polar surface area (TPSA) is 70.2 Å². The van der Waals surface area contributed by atoms with Gasteiger partial charge in [0.25, 0.3) is 0 Å². The third kappa shape index (κ3) is 4.75. The molecule has 2 N–H and O–H groups in total. The molecule has 6 heteroatoms. The molecule has 3 rings (SSSR count). The van der Waals surface area contributed by atoms with E-state index in [1.54, 1.807) is 11.1 Å². The normalized spacial score (nSPS) is 18.0. The number of ether oxygens (including phenoxy) is 1. The maximum atomic E-state index is 12.3. The lowest BCUT2D eigenvalue weighted by molar-refractivity contribution is 0.0206. The Morgan fingerprint density at radius 3 is 2.68 bits per heavy atom. The number of piperidine rings is 1. The van der Waals surface area contributed by atoms with Crippen LogP contribution in [0.2, 0.25) is 0 Å². The number of rotatable bonds is 3. The molecule has 1 aromatic carbocycles. The van der Waals surface area contributed by atoms with Crippen molar-refractivity contribution < 1.29 is 9.53 Å². The van der Waals surface area contributed by atoms with Crippen molar-refractivity contribution in [3.63, 3.8) is 0 Å². The van der Waals surface area contributed by atoms with E-state index >= 15 is 0 Å². The summed E-state index contributed by atoms with van der Waals surface area (Å²) < 4.78 is 5.48. The fraction of sp³-hybridized carbons (Fsp3) is 0.474. The number of likely N-dealkylation sites (tertiary alicyclic amines) is 1. The smallest absolute Gasteiger partial charge is 0.410 e. The summed E-state index contributed by atoms with van der Waals surface area (Å²) in [6.07, 6.45) is 3.54. The summed E-state index contributed by atoms with van der Waals surface area (Å²) in [7, 11) is 0. The Morgan fingerprint density at radius 1 is 1.28 bits per heavy atom. The molecular weight excluding hydrogens is 316 g/mol. The van der Waals surface area contributed by atoms with Gasteiger partial charge in [-0.05, 0) is 57.4 Å². The summed E-state index contributed by atoms with van der Waals surface area (Å²) in [4.78, 5) is 14.1. The van der Waals surface area contributed by atoms with Crippen LogP contribution >= 0.6 is 0 Å². The van der Waals surface area contributed by atoms with Gasteiger partial charge in [0.05, 0.1) is 5.69 Å². The first-order chi connectivity index (χ1) is 11.9. The number of anilines is 1. The van der Waals surface area contributed by atoms with Crippen LogP contribution in [0, 0.1) is 0 Å². The number of nitrogens with one attached hydrogen (secondary N) is 2. The van der Waals surface area contributed by atoms with E-state index in [4.69, 9.17) is 4.74 Å². The zero-order valence-corrected chi connectivity index (χ0v) is 15.1. The molecule has 2 aromatic rings. The van der Waals surface area contributed by atoms with E-state index in [-0.39, 0.29) is 12.1 Å². The van der Waals surface area contributed by atoms with E-state index in [0.29, 0.717) is 6.54 Å². The van der Waals surface area contributed by atoms with Gasteiger partial charge in [-0.2, -0.15) is 5.10 Å². The summed E-state index contributed by atoms with van der Waals surface area (Å²) in [6, 6.07) is 10.4. The number of hydrogen-bond donors (Lipinski definition) is 2. The average Bonchev–Trinajstić information content (AvgIpc) is 3.09. The number of carbonyl (C=O) groups is 1. The van der Waals surface area contributed by atoms with Crippen molar-refractivity contribution in [3.8, 4) is 11.3 Å². The van der Waals surface area contributed by atoms with E-state index in [0.717, 1.165) is 36.3 Å². The highest BCUT2D eigenvalue weighted by molar-refractivity contribution is 5.68. The largest absolute Gasteiger partial charge is 0.444 e. The van der Waals surface area contributed by atoms with Crippen molar-refractivity contribution in [3.05, 3.63) is 36.5 Å². The number of aromatic amines is 1. The summed E-state index contributed by atoms with van der Waals surface area (Å²) in [6.45, 7) is 7.10. The predicted octanol–water partition coefficient (Wildman–Crippen LogP) is 3.89. The van der Waals surface area contributed by atoms with E-state index in [2.05, 4.69) is 39.8 Å². The SMILES string of the molecule is CC(C)(C)OC(=O)N1CCCC(Nc2ccc(-c3ccn[nH]3)cc2)C1. The Labute approximate surface area is 148 Å². The molecule has 1 aromatic heterocycles. The van der Waals surface area contributed by atoms with Gasteiger partial charge in [0.1, 0.15) is 5.60 Å². The van der Waals surface area contributed by atoms with Crippen LogP contribution in [0.4, 0.5) is 10.5 Å². The first-order valence-electron chi connectivity index (χ1n) is 8.75. The third-order valence-electron chi connectivity index (χ3n) is 4.14. The van der Waals surface area contributed by atoms with Gasteiger partial charge in [0.2, 0.25) is 0 Å². The fourth-order valence-corrected chi connectivity index (χ4v) is 2.99. The molecule has 1 aliphatic heterocycles. The van der Waals surface area contributed by atoms with Gasteiger partial charge in [-0.3, -0.25) is 5.10 Å². The zero-order valence-electron chi connectivity index (χ0n) is 15.1. The van der Waals surface area contributed by atoms with E-state index < -0.39 is 5.60 Å². The van der Waals surface area contributed by atoms with Crippen molar-refractivity contribution in [1.29, 1.82) is 0 Å². The predicted molar refractivity (Wildman–Crippen MR) is 98.5 cm³/mol. The molecule has 1 amide bonds. The van der Waals surface area contributed by atoms with Gasteiger partial charge in [0, 0.05) is 31.0 Å². The molecule has 1 aliphatic rings. The van der Waals surface area contributed by atoms with Crippen LogP contribution in [0.25, 0.3) is 11.3 Å². The van der Waals surface area contributed by atoms with Gasteiger partial charge in [-0.25, -0.2) is 4.79 Å². The number of aromatic nitrogens is 2. The van der Waals surface area contributed by atoms with Gasteiger partial charge in [0.15, 0.2) is 0 Å². The molecule has 1 saturated heterocycles. The van der Waals surface area contributed by atoms with Crippen LogP contribution in [0.1, 0.15) is 33.6 Å². The molecule has 0 aliphatic carbocycles. The van der Waals surface area contributed by atoms with E-state index in [1.165, 1.54) is 0 Å². The third-order valence-corrected chi connectivity index (χ3v) is 4.14. The average molecular weight is 342 g/mol. The highest BCUT2D eigenvalue weighted by Gasteiger charge is 2.27. The highest BCUT2D eigenvalue weighted by atomic mass is 16.6. The monoisotopic (exact) mass is 342 g/mol. The molecule has 1 fully saturated rings. The summed E-state index contributed by atoms with van der Waals surface area (Å²) >= 11 is 0. The lowest BCUT2D eigenvalue weighted by atomic mass is 10.1. The minimum absolute atomic E-state index is 0.228. The summed E-state index contributed by atoms with van der Waals surface area (Å²) in [5.74, 6) is 0. The second kappa shape index (κ2) is 7.17. The fourth-order valence-electron chi connectivity index (χ4n) is 2.99. The van der Waals surface area contributed by atoms with Crippen LogP contribution < -0.4 is 5.32 Å². The molecule has 2 heterocycles. The Kier molecular flexibility index (Phi) is 4.97. The van der Waals surface area contributed by atoms with Crippen LogP contribution in [0.15, 0.2) is 36.5 Å². The molecule has 25 heavy (non-hydrogen) atoms. The van der Waals surface area contributed by atoms with Crippen molar-refractivity contribution >= 4 is 11.8 Å². The van der Waals surface area contributed by atoms with Crippen molar-refractivity contribution in [1.82, 2.24) is 15.1 Å². The standard InChI is InChI=1S/C19H26N4O2/c1-19(2,3)25-18(24)23-12-4-5-16(13-23)21-15-8-6-14(7-9-15)17-10-11-20-22-17/h6-11,16,21H,4-5,12-13H2,1-3H3,(H,20,22). The molecule has 0 saturated carbocycles. The molecule has 0 radical (unpaired) electrons.